The average Bonchev–Trinajstić information content (AvgIpc) is 3.28. The van der Waals surface area contributed by atoms with Gasteiger partial charge in [-0.1, -0.05) is 18.2 Å². The number of likely N-dealkylation sites (tertiary alicyclic amines) is 1. The fraction of sp³-hybridized carbons (Fsp3) is 0.500. The maximum atomic E-state index is 12.7. The summed E-state index contributed by atoms with van der Waals surface area (Å²) in [5, 5.41) is 10.5. The standard InChI is InChI=1S/C22H28N6O/c1-16-15-20-22(29)27(13-14-28(20)23-16)12-11-26-9-7-17(8-10-26)21-18-5-3-4-6-19(18)25(2)24-21/h3-6,15,17H,7-14H2,1-2H3. The summed E-state index contributed by atoms with van der Waals surface area (Å²) >= 11 is 0. The number of amides is 1. The largest absolute Gasteiger partial charge is 0.334 e. The van der Waals surface area contributed by atoms with Gasteiger partial charge in [0.1, 0.15) is 5.69 Å². The van der Waals surface area contributed by atoms with Crippen LogP contribution in [0.3, 0.4) is 0 Å². The summed E-state index contributed by atoms with van der Waals surface area (Å²) in [6.45, 7) is 7.35. The molecule has 0 N–H and O–H groups in total. The van der Waals surface area contributed by atoms with Crippen LogP contribution in [-0.2, 0) is 13.6 Å². The first-order chi connectivity index (χ1) is 14.1. The monoisotopic (exact) mass is 392 g/mol. The molecule has 4 heterocycles. The van der Waals surface area contributed by atoms with Crippen LogP contribution in [0.15, 0.2) is 30.3 Å². The van der Waals surface area contributed by atoms with Gasteiger partial charge >= 0.3 is 0 Å². The molecule has 5 rings (SSSR count). The Morgan fingerprint density at radius 2 is 1.83 bits per heavy atom. The zero-order valence-electron chi connectivity index (χ0n) is 17.2. The van der Waals surface area contributed by atoms with Crippen LogP contribution in [0.5, 0.6) is 0 Å². The van der Waals surface area contributed by atoms with E-state index in [0.717, 1.165) is 63.5 Å². The molecule has 152 valence electrons. The van der Waals surface area contributed by atoms with E-state index in [1.807, 2.05) is 34.3 Å². The summed E-state index contributed by atoms with van der Waals surface area (Å²) < 4.78 is 3.85. The van der Waals surface area contributed by atoms with E-state index in [1.54, 1.807) is 0 Å². The second-order valence-electron chi connectivity index (χ2n) is 8.33. The van der Waals surface area contributed by atoms with Crippen LogP contribution in [0.4, 0.5) is 0 Å². The number of para-hydroxylation sites is 1. The third-order valence-electron chi connectivity index (χ3n) is 6.44. The Labute approximate surface area is 170 Å². The first-order valence-corrected chi connectivity index (χ1v) is 10.6. The molecule has 3 aromatic rings. The normalized spacial score (nSPS) is 18.6. The number of aromatic nitrogens is 4. The van der Waals surface area contributed by atoms with Crippen molar-refractivity contribution in [3.8, 4) is 0 Å². The Morgan fingerprint density at radius 1 is 1.03 bits per heavy atom. The van der Waals surface area contributed by atoms with Crippen LogP contribution < -0.4 is 0 Å². The fourth-order valence-electron chi connectivity index (χ4n) is 4.82. The van der Waals surface area contributed by atoms with Crippen LogP contribution in [0.1, 0.15) is 40.6 Å². The third kappa shape index (κ3) is 3.33. The van der Waals surface area contributed by atoms with Crippen LogP contribution in [-0.4, -0.2) is 68.0 Å². The molecule has 2 aliphatic heterocycles. The number of fused-ring (bicyclic) bond motifs is 2. The zero-order valence-corrected chi connectivity index (χ0v) is 17.2. The number of hydrogen-bond donors (Lipinski definition) is 0. The van der Waals surface area contributed by atoms with E-state index >= 15 is 0 Å². The first kappa shape index (κ1) is 18.4. The maximum Gasteiger partial charge on any atom is 0.272 e. The number of carbonyl (C=O) groups is 1. The van der Waals surface area contributed by atoms with Gasteiger partial charge in [0.05, 0.1) is 23.4 Å². The van der Waals surface area contributed by atoms with Gasteiger partial charge < -0.3 is 9.80 Å². The molecule has 1 aromatic carbocycles. The summed E-state index contributed by atoms with van der Waals surface area (Å²) in [6.07, 6.45) is 2.25. The predicted octanol–water partition coefficient (Wildman–Crippen LogP) is 2.41. The number of nitrogens with zero attached hydrogens (tertiary/aromatic N) is 6. The van der Waals surface area contributed by atoms with Crippen LogP contribution in [0.2, 0.25) is 0 Å². The zero-order chi connectivity index (χ0) is 20.0. The van der Waals surface area contributed by atoms with E-state index in [9.17, 15) is 4.79 Å². The molecule has 2 aromatic heterocycles. The van der Waals surface area contributed by atoms with Crippen molar-refractivity contribution in [1.29, 1.82) is 0 Å². The molecule has 0 bridgehead atoms. The summed E-state index contributed by atoms with van der Waals surface area (Å²) in [7, 11) is 2.03. The lowest BCUT2D eigenvalue weighted by molar-refractivity contribution is 0.0667. The highest BCUT2D eigenvalue weighted by molar-refractivity contribution is 5.93. The number of aryl methyl sites for hydroxylation is 2. The SMILES string of the molecule is Cc1cc2n(n1)CCN(CCN1CCC(c3nn(C)c4ccccc34)CC1)C2=O. The highest BCUT2D eigenvalue weighted by atomic mass is 16.2. The molecule has 2 aliphatic rings. The number of piperidine rings is 1. The molecule has 0 aliphatic carbocycles. The predicted molar refractivity (Wildman–Crippen MR) is 112 cm³/mol. The molecule has 1 saturated heterocycles. The van der Waals surface area contributed by atoms with Crippen molar-refractivity contribution in [1.82, 2.24) is 29.4 Å². The highest BCUT2D eigenvalue weighted by Gasteiger charge is 2.28. The van der Waals surface area contributed by atoms with E-state index in [4.69, 9.17) is 5.10 Å². The van der Waals surface area contributed by atoms with Gasteiger partial charge in [0, 0.05) is 38.0 Å². The molecule has 0 saturated carbocycles. The Balaban J connectivity index is 1.18. The lowest BCUT2D eigenvalue weighted by Gasteiger charge is -2.34. The Hall–Kier alpha value is -2.67. The molecule has 1 fully saturated rings. The Kier molecular flexibility index (Phi) is 4.62. The molecule has 7 nitrogen and oxygen atoms in total. The lowest BCUT2D eigenvalue weighted by Crippen LogP contribution is -2.45. The third-order valence-corrected chi connectivity index (χ3v) is 6.44. The minimum absolute atomic E-state index is 0.117. The summed E-state index contributed by atoms with van der Waals surface area (Å²) in [4.78, 5) is 17.2. The summed E-state index contributed by atoms with van der Waals surface area (Å²) in [5.41, 5.74) is 4.11. The molecule has 7 heteroatoms. The van der Waals surface area contributed by atoms with Crippen LogP contribution in [0.25, 0.3) is 10.9 Å². The highest BCUT2D eigenvalue weighted by Crippen LogP contribution is 2.32. The van der Waals surface area contributed by atoms with Gasteiger partial charge in [-0.05, 0) is 45.0 Å². The topological polar surface area (TPSA) is 59.2 Å². The maximum absolute atomic E-state index is 12.7. The van der Waals surface area contributed by atoms with E-state index in [0.29, 0.717) is 5.92 Å². The van der Waals surface area contributed by atoms with Gasteiger partial charge in [0.15, 0.2) is 0 Å². The fourth-order valence-corrected chi connectivity index (χ4v) is 4.82. The van der Waals surface area contributed by atoms with E-state index < -0.39 is 0 Å². The van der Waals surface area contributed by atoms with E-state index in [1.165, 1.54) is 16.6 Å². The quantitative estimate of drug-likeness (QED) is 0.684. The van der Waals surface area contributed by atoms with E-state index in [-0.39, 0.29) is 5.91 Å². The lowest BCUT2D eigenvalue weighted by atomic mass is 9.91. The number of carbonyl (C=O) groups excluding carboxylic acids is 1. The molecule has 0 spiro atoms. The first-order valence-electron chi connectivity index (χ1n) is 10.6. The van der Waals surface area contributed by atoms with Crippen LogP contribution >= 0.6 is 0 Å². The number of rotatable bonds is 4. The van der Waals surface area contributed by atoms with Crippen LogP contribution in [0, 0.1) is 6.92 Å². The molecule has 0 radical (unpaired) electrons. The number of benzene rings is 1. The minimum Gasteiger partial charge on any atom is -0.334 e. The second kappa shape index (κ2) is 7.30. The average molecular weight is 393 g/mol. The van der Waals surface area contributed by atoms with Gasteiger partial charge in [0.25, 0.3) is 5.91 Å². The second-order valence-corrected chi connectivity index (χ2v) is 8.33. The molecule has 1 amide bonds. The van der Waals surface area contributed by atoms with Gasteiger partial charge in [-0.25, -0.2) is 0 Å². The molecular weight excluding hydrogens is 364 g/mol. The minimum atomic E-state index is 0.117. The summed E-state index contributed by atoms with van der Waals surface area (Å²) in [6, 6.07) is 10.4. The molecule has 0 atom stereocenters. The number of hydrogen-bond acceptors (Lipinski definition) is 4. The van der Waals surface area contributed by atoms with Gasteiger partial charge in [-0.2, -0.15) is 10.2 Å². The van der Waals surface area contributed by atoms with Gasteiger partial charge in [-0.15, -0.1) is 0 Å². The Morgan fingerprint density at radius 3 is 2.66 bits per heavy atom. The smallest absolute Gasteiger partial charge is 0.272 e. The van der Waals surface area contributed by atoms with Gasteiger partial charge in [-0.3, -0.25) is 14.2 Å². The van der Waals surface area contributed by atoms with Crippen molar-refractivity contribution in [2.45, 2.75) is 32.2 Å². The van der Waals surface area contributed by atoms with E-state index in [2.05, 4.69) is 34.3 Å². The van der Waals surface area contributed by atoms with Gasteiger partial charge in [0.2, 0.25) is 0 Å². The molecule has 0 unspecified atom stereocenters. The summed E-state index contributed by atoms with van der Waals surface area (Å²) in [5.74, 6) is 0.637. The van der Waals surface area contributed by atoms with Crippen molar-refractivity contribution in [3.05, 3.63) is 47.4 Å². The molecule has 29 heavy (non-hydrogen) atoms. The van der Waals surface area contributed by atoms with Crippen molar-refractivity contribution in [3.63, 3.8) is 0 Å². The Bertz CT molecular complexity index is 1040. The van der Waals surface area contributed by atoms with Crippen molar-refractivity contribution >= 4 is 16.8 Å². The van der Waals surface area contributed by atoms with Crippen molar-refractivity contribution in [2.75, 3.05) is 32.7 Å². The van der Waals surface area contributed by atoms with Crippen molar-refractivity contribution in [2.24, 2.45) is 7.05 Å². The molecular formula is C22H28N6O. The van der Waals surface area contributed by atoms with Crippen molar-refractivity contribution < 1.29 is 4.79 Å².